The van der Waals surface area contributed by atoms with Crippen molar-refractivity contribution in [3.05, 3.63) is 83.7 Å². The van der Waals surface area contributed by atoms with E-state index < -0.39 is 36.1 Å². The number of aliphatic hydroxyl groups excluding tert-OH is 2. The Labute approximate surface area is 260 Å². The Morgan fingerprint density at radius 1 is 1.14 bits per heavy atom. The first kappa shape index (κ1) is 32.9. The highest BCUT2D eigenvalue weighted by Gasteiger charge is 2.33. The maximum absolute atomic E-state index is 14.2. The van der Waals surface area contributed by atoms with Crippen molar-refractivity contribution in [2.75, 3.05) is 23.8 Å². The number of carbonyl (C=O) groups excluding carboxylic acids is 3. The Bertz CT molecular complexity index is 1490. The van der Waals surface area contributed by atoms with Crippen LogP contribution in [-0.2, 0) is 22.7 Å². The van der Waals surface area contributed by atoms with Crippen LogP contribution < -0.4 is 26.6 Å². The molecule has 234 valence electrons. The molecule has 3 aromatic carbocycles. The Kier molecular flexibility index (Phi) is 11.0. The lowest BCUT2D eigenvalue weighted by Crippen LogP contribution is -2.52. The number of nitrogens with two attached hydrogens (primary N) is 1. The number of β-amino-alcohol motifs (C(OH)–C–C–N with tert-alkyl or cyclic N) is 1. The topological polar surface area (TPSA) is 157 Å². The Balaban J connectivity index is 1.53. The molecule has 0 aliphatic carbocycles. The number of anilines is 1. The summed E-state index contributed by atoms with van der Waals surface area (Å²) in [6, 6.07) is 18.2. The van der Waals surface area contributed by atoms with Gasteiger partial charge in [-0.3, -0.25) is 9.59 Å². The molecule has 1 heterocycles. The van der Waals surface area contributed by atoms with E-state index in [-0.39, 0.29) is 43.6 Å². The number of aliphatic hydroxyl groups is 2. The van der Waals surface area contributed by atoms with Crippen molar-refractivity contribution in [1.29, 1.82) is 0 Å². The van der Waals surface area contributed by atoms with Crippen molar-refractivity contribution in [3.63, 3.8) is 0 Å². The van der Waals surface area contributed by atoms with E-state index in [0.717, 1.165) is 22.3 Å². The SMILES string of the molecule is CC(C)(CC(=O)N[C@@H]1CSc2cc(F)ccc2N(Cc2ccc(-c3ccccc3CNC(N)=O)cc2)C1=O)NC[C@H](O)CO. The molecule has 44 heavy (non-hydrogen) atoms. The van der Waals surface area contributed by atoms with Gasteiger partial charge in [0, 0.05) is 35.7 Å². The zero-order chi connectivity index (χ0) is 31.9. The standard InChI is InChI=1S/C32H38FN5O5S/c1-32(2,36-16-24(40)18-39)14-29(41)37-26-19-44-28-13-23(33)11-12-27(28)38(30(26)42)17-20-7-9-21(10-8-20)25-6-4-3-5-22(25)15-35-31(34)43/h3-13,24,26,36,39-40H,14-19H2,1-2H3,(H,37,41)(H3,34,35,43)/t24-,26+/m0/s1. The normalized spacial score (nSPS) is 15.7. The fourth-order valence-electron chi connectivity index (χ4n) is 4.92. The van der Waals surface area contributed by atoms with Crippen molar-refractivity contribution >= 4 is 35.3 Å². The number of urea groups is 1. The number of fused-ring (bicyclic) bond motifs is 1. The van der Waals surface area contributed by atoms with Gasteiger partial charge in [-0.15, -0.1) is 11.8 Å². The number of hydrogen-bond donors (Lipinski definition) is 6. The van der Waals surface area contributed by atoms with Crippen molar-refractivity contribution < 1.29 is 29.0 Å². The summed E-state index contributed by atoms with van der Waals surface area (Å²) < 4.78 is 14.2. The summed E-state index contributed by atoms with van der Waals surface area (Å²) >= 11 is 1.30. The molecule has 0 fully saturated rings. The molecule has 12 heteroatoms. The molecule has 3 aromatic rings. The van der Waals surface area contributed by atoms with Crippen LogP contribution in [0.25, 0.3) is 11.1 Å². The van der Waals surface area contributed by atoms with E-state index in [2.05, 4.69) is 16.0 Å². The lowest BCUT2D eigenvalue weighted by Gasteiger charge is -2.29. The molecule has 4 amide bonds. The highest BCUT2D eigenvalue weighted by atomic mass is 32.2. The summed E-state index contributed by atoms with van der Waals surface area (Å²) in [7, 11) is 0. The monoisotopic (exact) mass is 623 g/mol. The van der Waals surface area contributed by atoms with E-state index in [1.54, 1.807) is 24.8 Å². The second kappa shape index (κ2) is 14.7. The molecule has 2 atom stereocenters. The number of carbonyl (C=O) groups is 3. The van der Waals surface area contributed by atoms with Gasteiger partial charge >= 0.3 is 6.03 Å². The highest BCUT2D eigenvalue weighted by Crippen LogP contribution is 2.36. The summed E-state index contributed by atoms with van der Waals surface area (Å²) in [6.07, 6.45) is -0.925. The maximum atomic E-state index is 14.2. The summed E-state index contributed by atoms with van der Waals surface area (Å²) in [6.45, 7) is 3.78. The van der Waals surface area contributed by atoms with E-state index in [4.69, 9.17) is 10.8 Å². The minimum Gasteiger partial charge on any atom is -0.394 e. The lowest BCUT2D eigenvalue weighted by atomic mass is 9.98. The van der Waals surface area contributed by atoms with Gasteiger partial charge < -0.3 is 36.8 Å². The van der Waals surface area contributed by atoms with Crippen LogP contribution in [0, 0.1) is 5.82 Å². The van der Waals surface area contributed by atoms with Gasteiger partial charge in [0.2, 0.25) is 5.91 Å². The van der Waals surface area contributed by atoms with Gasteiger partial charge in [0.05, 0.1) is 24.9 Å². The fourth-order valence-corrected chi connectivity index (χ4v) is 6.02. The third kappa shape index (κ3) is 8.79. The fraction of sp³-hybridized carbons (Fsp3) is 0.344. The quantitative estimate of drug-likeness (QED) is 0.181. The number of primary amides is 1. The number of rotatable bonds is 12. The van der Waals surface area contributed by atoms with Crippen LogP contribution in [0.1, 0.15) is 31.4 Å². The second-order valence-electron chi connectivity index (χ2n) is 11.3. The second-order valence-corrected chi connectivity index (χ2v) is 12.4. The first-order valence-corrected chi connectivity index (χ1v) is 15.2. The number of nitrogens with zero attached hydrogens (tertiary/aromatic N) is 1. The largest absolute Gasteiger partial charge is 0.394 e. The van der Waals surface area contributed by atoms with Gasteiger partial charge in [0.15, 0.2) is 0 Å². The van der Waals surface area contributed by atoms with E-state index in [0.29, 0.717) is 10.6 Å². The van der Waals surface area contributed by atoms with Crippen LogP contribution in [0.3, 0.4) is 0 Å². The number of hydrogen-bond acceptors (Lipinski definition) is 7. The predicted molar refractivity (Wildman–Crippen MR) is 168 cm³/mol. The van der Waals surface area contributed by atoms with Crippen molar-refractivity contribution in [3.8, 4) is 11.1 Å². The van der Waals surface area contributed by atoms with Crippen molar-refractivity contribution in [1.82, 2.24) is 16.0 Å². The molecular weight excluding hydrogens is 585 g/mol. The van der Waals surface area contributed by atoms with Gasteiger partial charge in [-0.25, -0.2) is 9.18 Å². The molecular formula is C32H38FN5O5S. The van der Waals surface area contributed by atoms with Gasteiger partial charge in [-0.05, 0) is 54.3 Å². The van der Waals surface area contributed by atoms with Crippen LogP contribution in [0.4, 0.5) is 14.9 Å². The van der Waals surface area contributed by atoms with E-state index in [9.17, 15) is 23.9 Å². The molecule has 0 saturated carbocycles. The Morgan fingerprint density at radius 3 is 2.57 bits per heavy atom. The number of benzene rings is 3. The van der Waals surface area contributed by atoms with Gasteiger partial charge in [-0.1, -0.05) is 48.5 Å². The van der Waals surface area contributed by atoms with Gasteiger partial charge in [0.25, 0.3) is 5.91 Å². The molecule has 1 aliphatic heterocycles. The van der Waals surface area contributed by atoms with Gasteiger partial charge in [-0.2, -0.15) is 0 Å². The lowest BCUT2D eigenvalue weighted by molar-refractivity contribution is -0.128. The molecule has 0 radical (unpaired) electrons. The minimum absolute atomic E-state index is 0.0269. The average Bonchev–Trinajstić information content (AvgIpc) is 3.11. The van der Waals surface area contributed by atoms with Crippen LogP contribution >= 0.6 is 11.8 Å². The third-order valence-electron chi connectivity index (χ3n) is 7.22. The summed E-state index contributed by atoms with van der Waals surface area (Å²) in [5.74, 6) is -0.864. The Morgan fingerprint density at radius 2 is 1.86 bits per heavy atom. The number of halogens is 1. The predicted octanol–water partition coefficient (Wildman–Crippen LogP) is 2.90. The Hall–Kier alpha value is -3.97. The van der Waals surface area contributed by atoms with Crippen molar-refractivity contribution in [2.24, 2.45) is 5.73 Å². The van der Waals surface area contributed by atoms with E-state index in [1.165, 1.54) is 23.9 Å². The summed E-state index contributed by atoms with van der Waals surface area (Å²) in [5, 5.41) is 27.2. The minimum atomic E-state index is -0.952. The average molecular weight is 624 g/mol. The molecule has 7 N–H and O–H groups in total. The number of thioether (sulfide) groups is 1. The molecule has 0 unspecified atom stereocenters. The van der Waals surface area contributed by atoms with E-state index in [1.807, 2.05) is 48.5 Å². The first-order valence-electron chi connectivity index (χ1n) is 14.2. The van der Waals surface area contributed by atoms with Crippen LogP contribution in [0.5, 0.6) is 0 Å². The number of amides is 4. The first-order chi connectivity index (χ1) is 21.0. The zero-order valence-corrected chi connectivity index (χ0v) is 25.5. The molecule has 0 aromatic heterocycles. The van der Waals surface area contributed by atoms with E-state index >= 15 is 0 Å². The molecule has 10 nitrogen and oxygen atoms in total. The zero-order valence-electron chi connectivity index (χ0n) is 24.7. The summed E-state index contributed by atoms with van der Waals surface area (Å²) in [4.78, 5) is 40.3. The third-order valence-corrected chi connectivity index (χ3v) is 8.36. The molecule has 1 aliphatic rings. The summed E-state index contributed by atoms with van der Waals surface area (Å²) in [5.41, 5.74) is 8.68. The molecule has 0 saturated heterocycles. The van der Waals surface area contributed by atoms with Gasteiger partial charge in [0.1, 0.15) is 11.9 Å². The molecule has 0 bridgehead atoms. The maximum Gasteiger partial charge on any atom is 0.312 e. The molecule has 4 rings (SSSR count). The smallest absolute Gasteiger partial charge is 0.312 e. The highest BCUT2D eigenvalue weighted by molar-refractivity contribution is 7.99. The van der Waals surface area contributed by atoms with Crippen LogP contribution in [0.15, 0.2) is 71.6 Å². The van der Waals surface area contributed by atoms with Crippen LogP contribution in [0.2, 0.25) is 0 Å². The number of nitrogens with one attached hydrogen (secondary N) is 3. The van der Waals surface area contributed by atoms with Crippen molar-refractivity contribution in [2.45, 2.75) is 55.9 Å². The van der Waals surface area contributed by atoms with Crippen LogP contribution in [-0.4, -0.2) is 64.6 Å². The molecule has 0 spiro atoms.